The highest BCUT2D eigenvalue weighted by molar-refractivity contribution is 5.85. The van der Waals surface area contributed by atoms with Gasteiger partial charge in [-0.3, -0.25) is 24.0 Å². The molecule has 2 aliphatic rings. The number of ether oxygens (including phenoxy) is 11. The van der Waals surface area contributed by atoms with Crippen molar-refractivity contribution in [1.29, 1.82) is 0 Å². The van der Waals surface area contributed by atoms with Crippen LogP contribution in [-0.4, -0.2) is 185 Å². The predicted octanol–water partition coefficient (Wildman–Crippen LogP) is 5.84. The molecule has 2 N–H and O–H groups in total. The molecule has 0 unspecified atom stereocenters. The third-order valence-corrected chi connectivity index (χ3v) is 12.0. The maximum Gasteiger partial charge on any atom is 0.306 e. The number of nitrogens with zero attached hydrogens (tertiary/aromatic N) is 8. The molecule has 2 aromatic rings. The number of methoxy groups -OCH3 is 2. The highest BCUT2D eigenvalue weighted by Gasteiger charge is 2.33. The standard InChI is InChI=1S/C30H46N4O9.C24H37N5O7/c1-30(2,3)43-27(35)7-5-6-12-42-26-9-8-23-19-24(21-28(36)38-4)29(37)34(22-25(23)20-26)11-14-40-16-18-41-17-15-39-13-10-32-33-31;1-32-23(30)17-20-15-19-3-4-22(36-8-2-5-25)16-21(19)18-29(24(20)31)7-10-34-12-14-35-13-11-33-9-6-27-28-26/h8-9,20,24H,5-7,10-19,21-22H2,1-4H3;3-4,16,20H,2,5-15,17-18,25H2,1H3/t24-;20-/m00/s1. The summed E-state index contributed by atoms with van der Waals surface area (Å²) in [6.07, 6.45) is 3.38. The molecule has 0 aliphatic carbocycles. The lowest BCUT2D eigenvalue weighted by Gasteiger charge is -2.24. The van der Waals surface area contributed by atoms with E-state index in [-0.39, 0.29) is 37.2 Å². The van der Waals surface area contributed by atoms with E-state index in [0.717, 1.165) is 34.4 Å². The van der Waals surface area contributed by atoms with Crippen molar-refractivity contribution in [3.63, 3.8) is 0 Å². The van der Waals surface area contributed by atoms with Crippen LogP contribution < -0.4 is 15.2 Å². The maximum atomic E-state index is 13.4. The number of esters is 3. The van der Waals surface area contributed by atoms with Crippen LogP contribution in [0.4, 0.5) is 0 Å². The molecule has 0 spiro atoms. The molecule has 0 aromatic heterocycles. The van der Waals surface area contributed by atoms with Crippen LogP contribution in [0, 0.1) is 11.8 Å². The number of amides is 2. The Kier molecular flexibility index (Phi) is 33.9. The van der Waals surface area contributed by atoms with Crippen molar-refractivity contribution in [2.24, 2.45) is 27.8 Å². The molecule has 25 nitrogen and oxygen atoms in total. The van der Waals surface area contributed by atoms with Gasteiger partial charge in [0.2, 0.25) is 11.8 Å². The minimum atomic E-state index is -0.532. The molecule has 0 fully saturated rings. The Labute approximate surface area is 463 Å². The van der Waals surface area contributed by atoms with E-state index in [2.05, 4.69) is 20.1 Å². The first-order valence-electron chi connectivity index (χ1n) is 26.8. The van der Waals surface area contributed by atoms with Gasteiger partial charge in [0.15, 0.2) is 0 Å². The Morgan fingerprint density at radius 3 is 1.37 bits per heavy atom. The number of benzene rings is 2. The fourth-order valence-corrected chi connectivity index (χ4v) is 8.09. The number of carbonyl (C=O) groups excluding carboxylic acids is 5. The molecule has 0 radical (unpaired) electrons. The minimum Gasteiger partial charge on any atom is -0.494 e. The van der Waals surface area contributed by atoms with Gasteiger partial charge in [0.05, 0.1) is 131 Å². The third-order valence-electron chi connectivity index (χ3n) is 12.0. The summed E-state index contributed by atoms with van der Waals surface area (Å²) in [6, 6.07) is 11.6. The molecule has 2 aromatic carbocycles. The van der Waals surface area contributed by atoms with Gasteiger partial charge in [0.25, 0.3) is 0 Å². The van der Waals surface area contributed by atoms with Crippen molar-refractivity contribution in [3.8, 4) is 11.5 Å². The molecule has 0 bridgehead atoms. The van der Waals surface area contributed by atoms with Gasteiger partial charge in [0.1, 0.15) is 17.1 Å². The Bertz CT molecular complexity index is 2240. The Hall–Kier alpha value is -6.27. The van der Waals surface area contributed by atoms with Crippen LogP contribution in [0.3, 0.4) is 0 Å². The van der Waals surface area contributed by atoms with E-state index >= 15 is 0 Å². The maximum absolute atomic E-state index is 13.4. The molecule has 2 aliphatic heterocycles. The molecule has 2 amide bonds. The highest BCUT2D eigenvalue weighted by Crippen LogP contribution is 2.30. The largest absolute Gasteiger partial charge is 0.494 e. The average Bonchev–Trinajstić information content (AvgIpc) is 3.81. The number of rotatable bonds is 38. The number of hydrogen-bond donors (Lipinski definition) is 1. The number of unbranched alkanes of at least 4 members (excludes halogenated alkanes) is 1. The van der Waals surface area contributed by atoms with Crippen molar-refractivity contribution in [3.05, 3.63) is 79.5 Å². The Morgan fingerprint density at radius 2 is 0.975 bits per heavy atom. The van der Waals surface area contributed by atoms with E-state index < -0.39 is 29.4 Å². The normalized spacial score (nSPS) is 15.0. The van der Waals surface area contributed by atoms with Crippen LogP contribution >= 0.6 is 0 Å². The van der Waals surface area contributed by atoms with Crippen LogP contribution in [0.1, 0.15) is 81.5 Å². The van der Waals surface area contributed by atoms with E-state index in [1.54, 1.807) is 9.80 Å². The minimum absolute atomic E-state index is 0.000797. The first kappa shape index (κ1) is 67.0. The van der Waals surface area contributed by atoms with Gasteiger partial charge >= 0.3 is 17.9 Å². The van der Waals surface area contributed by atoms with Gasteiger partial charge in [0, 0.05) is 55.5 Å². The van der Waals surface area contributed by atoms with Crippen LogP contribution in [0.5, 0.6) is 11.5 Å². The summed E-state index contributed by atoms with van der Waals surface area (Å²) >= 11 is 0. The molecule has 2 heterocycles. The summed E-state index contributed by atoms with van der Waals surface area (Å²) in [4.78, 5) is 71.3. The van der Waals surface area contributed by atoms with E-state index in [4.69, 9.17) is 68.9 Å². The van der Waals surface area contributed by atoms with Crippen LogP contribution in [-0.2, 0) is 92.5 Å². The quantitative estimate of drug-likeness (QED) is 0.0206. The zero-order valence-corrected chi connectivity index (χ0v) is 46.8. The molecule has 79 heavy (non-hydrogen) atoms. The second kappa shape index (κ2) is 40.0. The Morgan fingerprint density at radius 1 is 0.570 bits per heavy atom. The molecule has 2 atom stereocenters. The van der Waals surface area contributed by atoms with E-state index in [0.29, 0.717) is 170 Å². The van der Waals surface area contributed by atoms with E-state index in [9.17, 15) is 24.0 Å². The first-order chi connectivity index (χ1) is 38.2. The number of carbonyl (C=O) groups is 5. The van der Waals surface area contributed by atoms with Gasteiger partial charge in [-0.2, -0.15) is 0 Å². The second-order valence-electron chi connectivity index (χ2n) is 19.2. The molecular weight excluding hydrogens is 1030 g/mol. The molecular formula is C54H83N9O16. The number of fused-ring (bicyclic) bond motifs is 2. The average molecular weight is 1110 g/mol. The van der Waals surface area contributed by atoms with Gasteiger partial charge in [-0.25, -0.2) is 0 Å². The van der Waals surface area contributed by atoms with Crippen molar-refractivity contribution < 1.29 is 76.1 Å². The lowest BCUT2D eigenvalue weighted by Crippen LogP contribution is -2.38. The summed E-state index contributed by atoms with van der Waals surface area (Å²) < 4.78 is 59.5. The zero-order valence-electron chi connectivity index (χ0n) is 46.8. The smallest absolute Gasteiger partial charge is 0.306 e. The molecule has 4 rings (SSSR count). The number of azide groups is 2. The monoisotopic (exact) mass is 1110 g/mol. The summed E-state index contributed by atoms with van der Waals surface area (Å²) in [5, 5.41) is 6.76. The lowest BCUT2D eigenvalue weighted by atomic mass is 9.94. The lowest BCUT2D eigenvalue weighted by molar-refractivity contribution is -0.155. The molecule has 0 saturated heterocycles. The van der Waals surface area contributed by atoms with Gasteiger partial charge < -0.3 is 67.6 Å². The third kappa shape index (κ3) is 29.0. The zero-order chi connectivity index (χ0) is 57.5. The second-order valence-corrected chi connectivity index (χ2v) is 19.2. The first-order valence-corrected chi connectivity index (χ1v) is 26.8. The van der Waals surface area contributed by atoms with Gasteiger partial charge in [-0.05, 0) is 117 Å². The Balaban J connectivity index is 0.000000422. The SMILES string of the molecule is COC(=O)C[C@@H]1Cc2ccc(OCCCCC(=O)OC(C)(C)C)cc2CN(CCOCCOCCOCCN=[N+]=[N-])C1=O.COC(=O)C[C@@H]1Cc2ccc(OCCCN)cc2CN(CCOCCOCCOCCN=[N+]=[N-])C1=O. The summed E-state index contributed by atoms with van der Waals surface area (Å²) in [6.45, 7) is 13.6. The predicted molar refractivity (Wildman–Crippen MR) is 289 cm³/mol. The van der Waals surface area contributed by atoms with Crippen molar-refractivity contribution >= 4 is 29.7 Å². The fourth-order valence-electron chi connectivity index (χ4n) is 8.09. The highest BCUT2D eigenvalue weighted by atomic mass is 16.6. The van der Waals surface area contributed by atoms with Gasteiger partial charge in [-0.15, -0.1) is 0 Å². The van der Waals surface area contributed by atoms with E-state index in [1.165, 1.54) is 14.2 Å². The van der Waals surface area contributed by atoms with Crippen LogP contribution in [0.15, 0.2) is 46.6 Å². The molecule has 25 heteroatoms. The van der Waals surface area contributed by atoms with Gasteiger partial charge in [-0.1, -0.05) is 22.4 Å². The topological polar surface area (TPSA) is 317 Å². The van der Waals surface area contributed by atoms with Crippen LogP contribution in [0.25, 0.3) is 20.9 Å². The summed E-state index contributed by atoms with van der Waals surface area (Å²) in [7, 11) is 2.64. The van der Waals surface area contributed by atoms with Crippen molar-refractivity contribution in [2.75, 3.05) is 139 Å². The fraction of sp³-hybridized carbons (Fsp3) is 0.685. The van der Waals surface area contributed by atoms with Crippen molar-refractivity contribution in [2.45, 2.75) is 90.8 Å². The summed E-state index contributed by atoms with van der Waals surface area (Å²) in [5.41, 5.74) is 25.4. The molecule has 0 saturated carbocycles. The molecule has 440 valence electrons. The van der Waals surface area contributed by atoms with Crippen LogP contribution in [0.2, 0.25) is 0 Å². The number of hydrogen-bond acceptors (Lipinski definition) is 19. The number of nitrogens with two attached hydrogens (primary N) is 1. The summed E-state index contributed by atoms with van der Waals surface area (Å²) in [5.74, 6) is -0.882. The van der Waals surface area contributed by atoms with Crippen molar-refractivity contribution in [1.82, 2.24) is 9.80 Å². The van der Waals surface area contributed by atoms with E-state index in [1.807, 2.05) is 57.2 Å².